The van der Waals surface area contributed by atoms with Crippen LogP contribution in [0.3, 0.4) is 0 Å². The summed E-state index contributed by atoms with van der Waals surface area (Å²) in [7, 11) is 0. The number of aryl methyl sites for hydroxylation is 1. The predicted molar refractivity (Wildman–Crippen MR) is 113 cm³/mol. The molecule has 26 heavy (non-hydrogen) atoms. The lowest BCUT2D eigenvalue weighted by atomic mass is 9.47. The van der Waals surface area contributed by atoms with Crippen molar-refractivity contribution in [2.24, 2.45) is 23.2 Å². The molecule has 4 fully saturated rings. The monoisotopic (exact) mass is 370 g/mol. The molecule has 1 aromatic rings. The quantitative estimate of drug-likeness (QED) is 0.661. The first-order valence-electron chi connectivity index (χ1n) is 10.7. The summed E-state index contributed by atoms with van der Waals surface area (Å²) in [5.74, 6) is 2.99. The molecule has 0 aromatic heterocycles. The molecule has 0 aliphatic heterocycles. The molecule has 0 radical (unpaired) electrons. The minimum absolute atomic E-state index is 0.514. The van der Waals surface area contributed by atoms with Gasteiger partial charge in [0.2, 0.25) is 0 Å². The summed E-state index contributed by atoms with van der Waals surface area (Å²) in [5.41, 5.74) is 3.11. The summed E-state index contributed by atoms with van der Waals surface area (Å²) >= 11 is 5.70. The topological polar surface area (TPSA) is 24.1 Å². The summed E-state index contributed by atoms with van der Waals surface area (Å²) in [6.45, 7) is 5.26. The third-order valence-corrected chi connectivity index (χ3v) is 7.54. The van der Waals surface area contributed by atoms with Crippen LogP contribution in [0, 0.1) is 30.1 Å². The highest BCUT2D eigenvalue weighted by Crippen LogP contribution is 2.61. The molecule has 0 amide bonds. The van der Waals surface area contributed by atoms with Crippen LogP contribution in [-0.4, -0.2) is 11.2 Å². The standard InChI is InChI=1S/C23H34N2S/c1-3-4-21(23-12-18-9-19(13-23)11-20(10-18)14-23)25-22(26)24-15-17-7-5-16(2)6-8-17/h5-8,18-21H,3-4,9-15H2,1-2H3,(H2,24,25,26). The van der Waals surface area contributed by atoms with Crippen molar-refractivity contribution < 1.29 is 0 Å². The van der Waals surface area contributed by atoms with Crippen LogP contribution in [0.4, 0.5) is 0 Å². The van der Waals surface area contributed by atoms with Gasteiger partial charge in [0.15, 0.2) is 5.11 Å². The van der Waals surface area contributed by atoms with E-state index in [-0.39, 0.29) is 0 Å². The summed E-state index contributed by atoms with van der Waals surface area (Å²) in [5, 5.41) is 8.08. The Morgan fingerprint density at radius 1 is 1.08 bits per heavy atom. The second kappa shape index (κ2) is 7.50. The van der Waals surface area contributed by atoms with Crippen LogP contribution in [-0.2, 0) is 6.54 Å². The lowest BCUT2D eigenvalue weighted by Crippen LogP contribution is -2.58. The van der Waals surface area contributed by atoms with Gasteiger partial charge < -0.3 is 10.6 Å². The van der Waals surface area contributed by atoms with Crippen molar-refractivity contribution in [2.45, 2.75) is 77.8 Å². The SMILES string of the molecule is CCCC(NC(=S)NCc1ccc(C)cc1)C12CC3CC(CC(C3)C1)C2. The first kappa shape index (κ1) is 18.3. The van der Waals surface area contributed by atoms with Crippen LogP contribution in [0.1, 0.15) is 69.4 Å². The highest BCUT2D eigenvalue weighted by Gasteiger charge is 2.54. The smallest absolute Gasteiger partial charge is 0.166 e. The number of nitrogens with one attached hydrogen (secondary N) is 2. The van der Waals surface area contributed by atoms with Gasteiger partial charge in [-0.3, -0.25) is 0 Å². The van der Waals surface area contributed by atoms with E-state index in [4.69, 9.17) is 12.2 Å². The van der Waals surface area contributed by atoms with Gasteiger partial charge in [-0.1, -0.05) is 43.2 Å². The molecule has 0 saturated heterocycles. The van der Waals surface area contributed by atoms with Crippen molar-refractivity contribution >= 4 is 17.3 Å². The molecule has 3 heteroatoms. The van der Waals surface area contributed by atoms with Gasteiger partial charge >= 0.3 is 0 Å². The summed E-state index contributed by atoms with van der Waals surface area (Å²) < 4.78 is 0. The van der Waals surface area contributed by atoms with Crippen LogP contribution >= 0.6 is 12.2 Å². The van der Waals surface area contributed by atoms with Crippen LogP contribution < -0.4 is 10.6 Å². The average molecular weight is 371 g/mol. The lowest BCUT2D eigenvalue weighted by molar-refractivity contribution is -0.0720. The van der Waals surface area contributed by atoms with Crippen LogP contribution in [0.15, 0.2) is 24.3 Å². The molecule has 4 aliphatic rings. The second-order valence-electron chi connectivity index (χ2n) is 9.43. The van der Waals surface area contributed by atoms with E-state index < -0.39 is 0 Å². The van der Waals surface area contributed by atoms with Gasteiger partial charge in [0, 0.05) is 12.6 Å². The van der Waals surface area contributed by atoms with Crippen LogP contribution in [0.2, 0.25) is 0 Å². The molecular weight excluding hydrogens is 336 g/mol. The Morgan fingerprint density at radius 2 is 1.65 bits per heavy atom. The van der Waals surface area contributed by atoms with Gasteiger partial charge in [0.25, 0.3) is 0 Å². The molecule has 5 rings (SSSR count). The first-order valence-corrected chi connectivity index (χ1v) is 11.1. The van der Waals surface area contributed by atoms with E-state index in [1.807, 2.05) is 0 Å². The zero-order chi connectivity index (χ0) is 18.1. The van der Waals surface area contributed by atoms with Gasteiger partial charge in [0.05, 0.1) is 0 Å². The van der Waals surface area contributed by atoms with Gasteiger partial charge in [0.1, 0.15) is 0 Å². The largest absolute Gasteiger partial charge is 0.359 e. The Morgan fingerprint density at radius 3 is 2.19 bits per heavy atom. The predicted octanol–water partition coefficient (Wildman–Crippen LogP) is 5.34. The maximum Gasteiger partial charge on any atom is 0.166 e. The molecule has 0 heterocycles. The molecule has 4 aliphatic carbocycles. The van der Waals surface area contributed by atoms with E-state index in [1.165, 1.54) is 62.5 Å². The van der Waals surface area contributed by atoms with Crippen LogP contribution in [0.25, 0.3) is 0 Å². The molecule has 4 saturated carbocycles. The molecule has 1 aromatic carbocycles. The number of benzene rings is 1. The third kappa shape index (κ3) is 3.78. The Labute approximate surface area is 164 Å². The summed E-state index contributed by atoms with van der Waals surface area (Å²) in [4.78, 5) is 0. The molecule has 1 atom stereocenters. The molecule has 142 valence electrons. The summed E-state index contributed by atoms with van der Waals surface area (Å²) in [6, 6.07) is 9.27. The average Bonchev–Trinajstić information content (AvgIpc) is 2.60. The van der Waals surface area contributed by atoms with E-state index in [1.54, 1.807) is 0 Å². The Kier molecular flexibility index (Phi) is 5.27. The molecule has 0 spiro atoms. The molecule has 2 N–H and O–H groups in total. The number of thiocarbonyl (C=S) groups is 1. The lowest BCUT2D eigenvalue weighted by Gasteiger charge is -2.59. The minimum Gasteiger partial charge on any atom is -0.359 e. The second-order valence-corrected chi connectivity index (χ2v) is 9.84. The maximum atomic E-state index is 5.70. The normalized spacial score (nSPS) is 33.1. The van der Waals surface area contributed by atoms with E-state index in [0.717, 1.165) is 29.4 Å². The van der Waals surface area contributed by atoms with E-state index in [9.17, 15) is 0 Å². The molecule has 1 unspecified atom stereocenters. The first-order chi connectivity index (χ1) is 12.6. The number of hydrogen-bond acceptors (Lipinski definition) is 1. The van der Waals surface area contributed by atoms with Crippen LogP contribution in [0.5, 0.6) is 0 Å². The van der Waals surface area contributed by atoms with E-state index in [0.29, 0.717) is 11.5 Å². The van der Waals surface area contributed by atoms with E-state index >= 15 is 0 Å². The van der Waals surface area contributed by atoms with Crippen molar-refractivity contribution in [1.29, 1.82) is 0 Å². The van der Waals surface area contributed by atoms with Crippen molar-refractivity contribution in [3.63, 3.8) is 0 Å². The van der Waals surface area contributed by atoms with Gasteiger partial charge in [-0.15, -0.1) is 0 Å². The molecular formula is C23H34N2S. The fourth-order valence-electron chi connectivity index (χ4n) is 6.52. The zero-order valence-corrected chi connectivity index (χ0v) is 17.2. The Balaban J connectivity index is 1.39. The van der Waals surface area contributed by atoms with E-state index in [2.05, 4.69) is 48.7 Å². The number of hydrogen-bond donors (Lipinski definition) is 2. The van der Waals surface area contributed by atoms with Gasteiger partial charge in [-0.2, -0.15) is 0 Å². The highest BCUT2D eigenvalue weighted by atomic mass is 32.1. The minimum atomic E-state index is 0.514. The third-order valence-electron chi connectivity index (χ3n) is 7.28. The van der Waals surface area contributed by atoms with Crippen molar-refractivity contribution in [2.75, 3.05) is 0 Å². The fourth-order valence-corrected chi connectivity index (χ4v) is 6.74. The Bertz CT molecular complexity index is 601. The highest BCUT2D eigenvalue weighted by molar-refractivity contribution is 7.80. The fraction of sp³-hybridized carbons (Fsp3) is 0.696. The zero-order valence-electron chi connectivity index (χ0n) is 16.4. The molecule has 2 nitrogen and oxygen atoms in total. The Hall–Kier alpha value is -1.09. The molecule has 4 bridgehead atoms. The van der Waals surface area contributed by atoms with Gasteiger partial charge in [-0.05, 0) is 92.8 Å². The maximum absolute atomic E-state index is 5.70. The van der Waals surface area contributed by atoms with Gasteiger partial charge in [-0.25, -0.2) is 0 Å². The van der Waals surface area contributed by atoms with Crippen molar-refractivity contribution in [1.82, 2.24) is 10.6 Å². The van der Waals surface area contributed by atoms with Crippen molar-refractivity contribution in [3.8, 4) is 0 Å². The van der Waals surface area contributed by atoms with Crippen molar-refractivity contribution in [3.05, 3.63) is 35.4 Å². The summed E-state index contributed by atoms with van der Waals surface area (Å²) in [6.07, 6.45) is 11.3. The number of rotatable bonds is 6.